The lowest BCUT2D eigenvalue weighted by Gasteiger charge is -2.43. The Labute approximate surface area is 191 Å². The van der Waals surface area contributed by atoms with Gasteiger partial charge in [0.25, 0.3) is 0 Å². The zero-order valence-corrected chi connectivity index (χ0v) is 18.9. The summed E-state index contributed by atoms with van der Waals surface area (Å²) in [7, 11) is 2.12. The van der Waals surface area contributed by atoms with Crippen LogP contribution < -0.4 is 15.8 Å². The van der Waals surface area contributed by atoms with Gasteiger partial charge in [0, 0.05) is 61.1 Å². The summed E-state index contributed by atoms with van der Waals surface area (Å²) in [4.78, 5) is 23.3. The second kappa shape index (κ2) is 8.37. The molecule has 4 aromatic rings. The van der Waals surface area contributed by atoms with Crippen molar-refractivity contribution in [2.45, 2.75) is 25.9 Å². The average Bonchev–Trinajstić information content (AvgIpc) is 3.28. The highest BCUT2D eigenvalue weighted by molar-refractivity contribution is 5.78. The fraction of sp³-hybridized carbons (Fsp3) is 0.280. The van der Waals surface area contributed by atoms with Crippen LogP contribution in [0.5, 0.6) is 0 Å². The van der Waals surface area contributed by atoms with Crippen LogP contribution in [0.3, 0.4) is 0 Å². The maximum absolute atomic E-state index is 15.1. The summed E-state index contributed by atoms with van der Waals surface area (Å²) in [5.74, 6) is -0.247. The topological polar surface area (TPSA) is 68.7 Å². The number of halogens is 1. The number of fused-ring (bicyclic) bond motifs is 1. The van der Waals surface area contributed by atoms with Gasteiger partial charge in [0.1, 0.15) is 5.82 Å². The highest BCUT2D eigenvalue weighted by atomic mass is 19.1. The first kappa shape index (κ1) is 21.2. The van der Waals surface area contributed by atoms with Gasteiger partial charge in [-0.05, 0) is 57.3 Å². The van der Waals surface area contributed by atoms with Crippen LogP contribution in [0.25, 0.3) is 16.9 Å². The number of rotatable bonds is 4. The molecule has 1 aromatic carbocycles. The van der Waals surface area contributed by atoms with Gasteiger partial charge >= 0.3 is 0 Å². The molecule has 1 saturated heterocycles. The molecule has 0 amide bonds. The maximum atomic E-state index is 15.1. The Morgan fingerprint density at radius 2 is 1.88 bits per heavy atom. The van der Waals surface area contributed by atoms with Crippen LogP contribution in [0.15, 0.2) is 65.8 Å². The standard InChI is InChI=1S/C25H27FN6O/c1-16-14-31(15-17(2)30(16)3)23-6-4-19(13-20(23)26)29-21-5-7-22(32-11-10-28-25(21)32)18-8-9-27-24(33)12-18/h4-13,16-17,29H,14-15H2,1-3H3,(H,27,33)/t16-,17+. The van der Waals surface area contributed by atoms with E-state index in [4.69, 9.17) is 0 Å². The molecule has 1 fully saturated rings. The molecular weight excluding hydrogens is 419 g/mol. The third kappa shape index (κ3) is 3.98. The van der Waals surface area contributed by atoms with E-state index in [0.29, 0.717) is 29.1 Å². The third-order valence-electron chi connectivity index (χ3n) is 6.55. The molecule has 3 aromatic heterocycles. The van der Waals surface area contributed by atoms with E-state index in [9.17, 15) is 4.79 Å². The molecule has 170 valence electrons. The van der Waals surface area contributed by atoms with Crippen LogP contribution in [0, 0.1) is 5.82 Å². The number of benzene rings is 1. The number of imidazole rings is 1. The third-order valence-corrected chi connectivity index (χ3v) is 6.55. The number of pyridine rings is 2. The van der Waals surface area contributed by atoms with Crippen LogP contribution in [-0.2, 0) is 0 Å². The lowest BCUT2D eigenvalue weighted by molar-refractivity contribution is 0.169. The van der Waals surface area contributed by atoms with Gasteiger partial charge in [-0.2, -0.15) is 0 Å². The lowest BCUT2D eigenvalue weighted by atomic mass is 10.1. The zero-order chi connectivity index (χ0) is 23.1. The molecule has 4 heterocycles. The van der Waals surface area contributed by atoms with Crippen LogP contribution in [0.1, 0.15) is 13.8 Å². The molecule has 1 aliphatic rings. The second-order valence-electron chi connectivity index (χ2n) is 8.75. The van der Waals surface area contributed by atoms with Gasteiger partial charge in [0.05, 0.1) is 17.1 Å². The first-order valence-corrected chi connectivity index (χ1v) is 11.1. The highest BCUT2D eigenvalue weighted by Crippen LogP contribution is 2.30. The molecule has 0 unspecified atom stereocenters. The molecule has 7 nitrogen and oxygen atoms in total. The summed E-state index contributed by atoms with van der Waals surface area (Å²) in [5.41, 5.74) is 4.20. The Balaban J connectivity index is 1.43. The van der Waals surface area contributed by atoms with Gasteiger partial charge in [-0.25, -0.2) is 9.37 Å². The number of hydrogen-bond acceptors (Lipinski definition) is 5. The van der Waals surface area contributed by atoms with Gasteiger partial charge in [0.15, 0.2) is 5.65 Å². The minimum absolute atomic E-state index is 0.164. The molecule has 33 heavy (non-hydrogen) atoms. The summed E-state index contributed by atoms with van der Waals surface area (Å²) in [5, 5.41) is 3.30. The number of nitrogens with one attached hydrogen (secondary N) is 2. The predicted octanol–water partition coefficient (Wildman–Crippen LogP) is 4.10. The predicted molar refractivity (Wildman–Crippen MR) is 130 cm³/mol. The normalized spacial score (nSPS) is 19.2. The van der Waals surface area contributed by atoms with Crippen LogP contribution in [0.2, 0.25) is 0 Å². The van der Waals surface area contributed by atoms with Gasteiger partial charge in [-0.15, -0.1) is 0 Å². The molecule has 2 N–H and O–H groups in total. The van der Waals surface area contributed by atoms with E-state index in [0.717, 1.165) is 30.0 Å². The largest absolute Gasteiger partial charge is 0.366 e. The van der Waals surface area contributed by atoms with Crippen molar-refractivity contribution >= 4 is 22.7 Å². The van der Waals surface area contributed by atoms with Crippen molar-refractivity contribution in [1.29, 1.82) is 0 Å². The lowest BCUT2D eigenvalue weighted by Crippen LogP contribution is -2.55. The summed E-state index contributed by atoms with van der Waals surface area (Å²) in [6.07, 6.45) is 5.17. The molecule has 0 radical (unpaired) electrons. The molecule has 0 bridgehead atoms. The van der Waals surface area contributed by atoms with Crippen molar-refractivity contribution in [3.63, 3.8) is 0 Å². The number of anilines is 3. The van der Waals surface area contributed by atoms with E-state index >= 15 is 4.39 Å². The van der Waals surface area contributed by atoms with Crippen molar-refractivity contribution in [2.24, 2.45) is 0 Å². The minimum Gasteiger partial charge on any atom is -0.366 e. The second-order valence-corrected chi connectivity index (χ2v) is 8.75. The van der Waals surface area contributed by atoms with Gasteiger partial charge in [0.2, 0.25) is 5.56 Å². The van der Waals surface area contributed by atoms with E-state index in [-0.39, 0.29) is 11.4 Å². The molecule has 2 atom stereocenters. The zero-order valence-electron chi connectivity index (χ0n) is 18.9. The molecule has 5 rings (SSSR count). The summed E-state index contributed by atoms with van der Waals surface area (Å²) < 4.78 is 17.0. The first-order valence-electron chi connectivity index (χ1n) is 11.1. The Kier molecular flexibility index (Phi) is 5.38. The molecule has 8 heteroatoms. The van der Waals surface area contributed by atoms with Crippen LogP contribution in [0.4, 0.5) is 21.5 Å². The molecule has 0 aliphatic carbocycles. The average molecular weight is 447 g/mol. The number of hydrogen-bond donors (Lipinski definition) is 2. The van der Waals surface area contributed by atoms with E-state index in [2.05, 4.69) is 46.0 Å². The Hall–Kier alpha value is -3.65. The molecule has 0 spiro atoms. The minimum atomic E-state index is -0.247. The molecule has 1 aliphatic heterocycles. The maximum Gasteiger partial charge on any atom is 0.248 e. The fourth-order valence-corrected chi connectivity index (χ4v) is 4.55. The molecular formula is C25H27FN6O. The summed E-state index contributed by atoms with van der Waals surface area (Å²) in [6, 6.07) is 13.2. The highest BCUT2D eigenvalue weighted by Gasteiger charge is 2.28. The monoisotopic (exact) mass is 446 g/mol. The van der Waals surface area contributed by atoms with E-state index < -0.39 is 0 Å². The first-order chi connectivity index (χ1) is 15.9. The van der Waals surface area contributed by atoms with Crippen molar-refractivity contribution in [2.75, 3.05) is 30.4 Å². The van der Waals surface area contributed by atoms with Crippen LogP contribution >= 0.6 is 0 Å². The number of aromatic nitrogens is 3. The number of H-pyrrole nitrogens is 1. The van der Waals surface area contributed by atoms with Gasteiger partial charge < -0.3 is 15.2 Å². The van der Waals surface area contributed by atoms with E-state index in [1.807, 2.05) is 40.9 Å². The van der Waals surface area contributed by atoms with Crippen molar-refractivity contribution in [3.8, 4) is 11.3 Å². The van der Waals surface area contributed by atoms with Gasteiger partial charge in [-0.3, -0.25) is 14.1 Å². The van der Waals surface area contributed by atoms with Crippen molar-refractivity contribution < 1.29 is 4.39 Å². The Morgan fingerprint density at radius 1 is 1.09 bits per heavy atom. The summed E-state index contributed by atoms with van der Waals surface area (Å²) >= 11 is 0. The smallest absolute Gasteiger partial charge is 0.248 e. The van der Waals surface area contributed by atoms with Crippen molar-refractivity contribution in [1.82, 2.24) is 19.3 Å². The molecule has 0 saturated carbocycles. The summed E-state index contributed by atoms with van der Waals surface area (Å²) in [6.45, 7) is 5.93. The Bertz CT molecular complexity index is 1350. The van der Waals surface area contributed by atoms with Gasteiger partial charge in [-0.1, -0.05) is 0 Å². The van der Waals surface area contributed by atoms with Crippen LogP contribution in [-0.4, -0.2) is 51.5 Å². The quantitative estimate of drug-likeness (QED) is 0.494. The fourth-order valence-electron chi connectivity index (χ4n) is 4.55. The van der Waals surface area contributed by atoms with E-state index in [1.54, 1.807) is 18.5 Å². The number of piperazine rings is 1. The van der Waals surface area contributed by atoms with Crippen molar-refractivity contribution in [3.05, 3.63) is 77.2 Å². The number of likely N-dealkylation sites (N-methyl/N-ethyl adjacent to an activating group) is 1. The van der Waals surface area contributed by atoms with E-state index in [1.165, 1.54) is 6.07 Å². The number of nitrogens with zero attached hydrogens (tertiary/aromatic N) is 4. The number of aromatic amines is 1. The Morgan fingerprint density at radius 3 is 2.61 bits per heavy atom. The SMILES string of the molecule is C[C@@H]1CN(c2ccc(Nc3ccc(-c4cc[nH]c(=O)c4)n4ccnc34)cc2F)C[C@H](C)N1C.